The van der Waals surface area contributed by atoms with Crippen molar-refractivity contribution in [2.24, 2.45) is 0 Å². The van der Waals surface area contributed by atoms with E-state index in [2.05, 4.69) is 21.2 Å². The Morgan fingerprint density at radius 2 is 2.20 bits per heavy atom. The first-order valence-corrected chi connectivity index (χ1v) is 6.22. The van der Waals surface area contributed by atoms with Gasteiger partial charge in [-0.15, -0.1) is 0 Å². The molecule has 0 bridgehead atoms. The quantitative estimate of drug-likeness (QED) is 0.849. The molecule has 1 N–H and O–H groups in total. The Labute approximate surface area is 103 Å². The molecule has 0 saturated carbocycles. The van der Waals surface area contributed by atoms with Crippen molar-refractivity contribution >= 4 is 33.4 Å². The van der Waals surface area contributed by atoms with Crippen LogP contribution in [0, 0.1) is 0 Å². The summed E-state index contributed by atoms with van der Waals surface area (Å²) in [6.07, 6.45) is 0.330. The molecule has 0 aliphatic heterocycles. The van der Waals surface area contributed by atoms with Gasteiger partial charge in [0.15, 0.2) is 0 Å². The lowest BCUT2D eigenvalue weighted by atomic mass is 10.1. The number of halogens is 2. The van der Waals surface area contributed by atoms with E-state index in [4.69, 9.17) is 11.6 Å². The van der Waals surface area contributed by atoms with Crippen LogP contribution >= 0.6 is 27.5 Å². The second-order valence-electron chi connectivity index (χ2n) is 3.39. The van der Waals surface area contributed by atoms with Crippen LogP contribution in [0.1, 0.15) is 12.5 Å². The molecular weight excluding hydrogens is 277 g/mol. The summed E-state index contributed by atoms with van der Waals surface area (Å²) >= 11 is 9.25. The fourth-order valence-corrected chi connectivity index (χ4v) is 1.54. The van der Waals surface area contributed by atoms with E-state index in [1.54, 1.807) is 6.07 Å². The third kappa shape index (κ3) is 4.22. The molecule has 0 saturated heterocycles. The molecule has 0 spiro atoms. The number of rotatable bonds is 4. The van der Waals surface area contributed by atoms with Gasteiger partial charge in [0.2, 0.25) is 5.91 Å². The summed E-state index contributed by atoms with van der Waals surface area (Å²) in [4.78, 5) is 11.5. The van der Waals surface area contributed by atoms with Crippen LogP contribution in [0.25, 0.3) is 0 Å². The number of nitrogens with one attached hydrogen (secondary N) is 1. The molecule has 0 fully saturated rings. The molecule has 1 atom stereocenters. The second kappa shape index (κ2) is 6.13. The van der Waals surface area contributed by atoms with Crippen LogP contribution in [0.2, 0.25) is 5.02 Å². The number of carbonyl (C=O) groups excluding carboxylic acids is 1. The van der Waals surface area contributed by atoms with Gasteiger partial charge in [0, 0.05) is 16.4 Å². The van der Waals surface area contributed by atoms with E-state index in [0.29, 0.717) is 11.4 Å². The van der Waals surface area contributed by atoms with Gasteiger partial charge in [-0.05, 0) is 18.6 Å². The first kappa shape index (κ1) is 12.5. The standard InChI is InChI=1S/C11H13BrClNO/c1-8(7-12)14-11(15)6-9-4-2-3-5-10(9)13/h2-5,8H,6-7H2,1H3,(H,14,15). The maximum absolute atomic E-state index is 11.5. The molecule has 0 heterocycles. The SMILES string of the molecule is CC(CBr)NC(=O)Cc1ccccc1Cl. The lowest BCUT2D eigenvalue weighted by Crippen LogP contribution is -2.34. The fourth-order valence-electron chi connectivity index (χ4n) is 1.18. The highest BCUT2D eigenvalue weighted by Crippen LogP contribution is 2.15. The van der Waals surface area contributed by atoms with E-state index in [1.165, 1.54) is 0 Å². The van der Waals surface area contributed by atoms with Crippen molar-refractivity contribution < 1.29 is 4.79 Å². The second-order valence-corrected chi connectivity index (χ2v) is 4.45. The highest BCUT2D eigenvalue weighted by atomic mass is 79.9. The molecule has 1 aromatic carbocycles. The summed E-state index contributed by atoms with van der Waals surface area (Å²) in [6.45, 7) is 1.94. The Morgan fingerprint density at radius 3 is 2.80 bits per heavy atom. The molecule has 0 radical (unpaired) electrons. The predicted octanol–water partition coefficient (Wildman–Crippen LogP) is 2.78. The molecule has 1 aromatic rings. The van der Waals surface area contributed by atoms with Crippen molar-refractivity contribution in [2.75, 3.05) is 5.33 Å². The smallest absolute Gasteiger partial charge is 0.224 e. The van der Waals surface area contributed by atoms with Crippen LogP contribution in [0.3, 0.4) is 0 Å². The van der Waals surface area contributed by atoms with Crippen molar-refractivity contribution in [3.05, 3.63) is 34.9 Å². The Bertz CT molecular complexity index is 343. The zero-order valence-corrected chi connectivity index (χ0v) is 10.8. The zero-order valence-electron chi connectivity index (χ0n) is 8.47. The van der Waals surface area contributed by atoms with E-state index in [1.807, 2.05) is 25.1 Å². The molecule has 0 aliphatic carbocycles. The van der Waals surface area contributed by atoms with Gasteiger partial charge >= 0.3 is 0 Å². The van der Waals surface area contributed by atoms with Crippen LogP contribution < -0.4 is 5.32 Å². The van der Waals surface area contributed by atoms with Crippen LogP contribution in [-0.4, -0.2) is 17.3 Å². The maximum atomic E-state index is 11.5. The molecule has 82 valence electrons. The van der Waals surface area contributed by atoms with E-state index < -0.39 is 0 Å². The molecule has 1 unspecified atom stereocenters. The maximum Gasteiger partial charge on any atom is 0.224 e. The molecule has 0 aromatic heterocycles. The van der Waals surface area contributed by atoms with Gasteiger partial charge in [-0.2, -0.15) is 0 Å². The van der Waals surface area contributed by atoms with Gasteiger partial charge in [0.05, 0.1) is 6.42 Å². The lowest BCUT2D eigenvalue weighted by Gasteiger charge is -2.10. The minimum atomic E-state index is -0.00458. The first-order valence-electron chi connectivity index (χ1n) is 4.72. The number of alkyl halides is 1. The van der Waals surface area contributed by atoms with Gasteiger partial charge in [0.1, 0.15) is 0 Å². The van der Waals surface area contributed by atoms with Crippen molar-refractivity contribution in [1.29, 1.82) is 0 Å². The average molecular weight is 291 g/mol. The summed E-state index contributed by atoms with van der Waals surface area (Å²) in [7, 11) is 0. The number of hydrogen-bond acceptors (Lipinski definition) is 1. The third-order valence-electron chi connectivity index (χ3n) is 1.95. The molecule has 15 heavy (non-hydrogen) atoms. The molecule has 2 nitrogen and oxygen atoms in total. The van der Waals surface area contributed by atoms with E-state index in [-0.39, 0.29) is 11.9 Å². The molecule has 4 heteroatoms. The number of benzene rings is 1. The zero-order chi connectivity index (χ0) is 11.3. The van der Waals surface area contributed by atoms with Crippen LogP contribution in [-0.2, 0) is 11.2 Å². The summed E-state index contributed by atoms with van der Waals surface area (Å²) in [5, 5.41) is 4.25. The Kier molecular flexibility index (Phi) is 5.12. The molecule has 1 amide bonds. The predicted molar refractivity (Wildman–Crippen MR) is 66.6 cm³/mol. The van der Waals surface area contributed by atoms with E-state index >= 15 is 0 Å². The molecule has 0 aliphatic rings. The Hall–Kier alpha value is -0.540. The normalized spacial score (nSPS) is 12.2. The van der Waals surface area contributed by atoms with Gasteiger partial charge in [-0.25, -0.2) is 0 Å². The average Bonchev–Trinajstić information content (AvgIpc) is 2.21. The molecular formula is C11H13BrClNO. The summed E-state index contributed by atoms with van der Waals surface area (Å²) < 4.78 is 0. The Balaban J connectivity index is 2.55. The topological polar surface area (TPSA) is 29.1 Å². The van der Waals surface area contributed by atoms with Crippen molar-refractivity contribution in [3.63, 3.8) is 0 Å². The van der Waals surface area contributed by atoms with Gasteiger partial charge < -0.3 is 5.32 Å². The minimum Gasteiger partial charge on any atom is -0.353 e. The number of carbonyl (C=O) groups is 1. The summed E-state index contributed by atoms with van der Waals surface area (Å²) in [6, 6.07) is 7.52. The van der Waals surface area contributed by atoms with Crippen molar-refractivity contribution in [2.45, 2.75) is 19.4 Å². The van der Waals surface area contributed by atoms with Crippen LogP contribution in [0.5, 0.6) is 0 Å². The largest absolute Gasteiger partial charge is 0.353 e. The first-order chi connectivity index (χ1) is 7.13. The summed E-state index contributed by atoms with van der Waals surface area (Å²) in [5.74, 6) is -0.00458. The summed E-state index contributed by atoms with van der Waals surface area (Å²) in [5.41, 5.74) is 0.860. The number of hydrogen-bond donors (Lipinski definition) is 1. The fraction of sp³-hybridized carbons (Fsp3) is 0.364. The highest BCUT2D eigenvalue weighted by molar-refractivity contribution is 9.09. The monoisotopic (exact) mass is 289 g/mol. The molecule has 1 rings (SSSR count). The van der Waals surface area contributed by atoms with E-state index in [0.717, 1.165) is 10.9 Å². The van der Waals surface area contributed by atoms with E-state index in [9.17, 15) is 4.79 Å². The Morgan fingerprint density at radius 1 is 1.53 bits per heavy atom. The minimum absolute atomic E-state index is 0.00458. The van der Waals surface area contributed by atoms with Crippen molar-refractivity contribution in [3.8, 4) is 0 Å². The van der Waals surface area contributed by atoms with Gasteiger partial charge in [-0.3, -0.25) is 4.79 Å². The lowest BCUT2D eigenvalue weighted by molar-refractivity contribution is -0.120. The third-order valence-corrected chi connectivity index (χ3v) is 3.29. The van der Waals surface area contributed by atoms with Gasteiger partial charge in [0.25, 0.3) is 0 Å². The number of amides is 1. The highest BCUT2D eigenvalue weighted by Gasteiger charge is 2.08. The van der Waals surface area contributed by atoms with Crippen LogP contribution in [0.4, 0.5) is 0 Å². The van der Waals surface area contributed by atoms with Gasteiger partial charge in [-0.1, -0.05) is 45.7 Å². The van der Waals surface area contributed by atoms with Crippen LogP contribution in [0.15, 0.2) is 24.3 Å². The van der Waals surface area contributed by atoms with Crippen molar-refractivity contribution in [1.82, 2.24) is 5.32 Å².